The van der Waals surface area contributed by atoms with E-state index in [1.54, 1.807) is 0 Å². The van der Waals surface area contributed by atoms with Crippen LogP contribution in [0.2, 0.25) is 0 Å². The van der Waals surface area contributed by atoms with Gasteiger partial charge in [0.2, 0.25) is 0 Å². The average Bonchev–Trinajstić information content (AvgIpc) is 2.33. The van der Waals surface area contributed by atoms with Crippen LogP contribution in [0.3, 0.4) is 0 Å². The third-order valence-electron chi connectivity index (χ3n) is 3.42. The van der Waals surface area contributed by atoms with Gasteiger partial charge < -0.3 is 0 Å². The molecule has 0 amide bonds. The van der Waals surface area contributed by atoms with Crippen LogP contribution < -0.4 is 0 Å². The Bertz CT molecular complexity index is 461. The highest BCUT2D eigenvalue weighted by Crippen LogP contribution is 2.25. The fraction of sp³-hybridized carbons (Fsp3) is 0.294. The summed E-state index contributed by atoms with van der Waals surface area (Å²) in [5.41, 5.74) is 5.82. The molecule has 0 atom stereocenters. The first-order valence-corrected chi connectivity index (χ1v) is 6.39. The van der Waals surface area contributed by atoms with Crippen LogP contribution in [0.5, 0.6) is 0 Å². The lowest BCUT2D eigenvalue weighted by Gasteiger charge is -2.17. The van der Waals surface area contributed by atoms with E-state index in [4.69, 9.17) is 0 Å². The second-order valence-corrected chi connectivity index (χ2v) is 4.55. The van der Waals surface area contributed by atoms with Gasteiger partial charge in [0.25, 0.3) is 0 Å². The van der Waals surface area contributed by atoms with Gasteiger partial charge in [0, 0.05) is 0 Å². The molecule has 1 aliphatic rings. The molecule has 1 aromatic carbocycles. The largest absolute Gasteiger partial charge is 0.0988 e. The highest BCUT2D eigenvalue weighted by Gasteiger charge is 2.10. The molecular weight excluding hydrogens is 204 g/mol. The molecule has 88 valence electrons. The Morgan fingerprint density at radius 3 is 2.53 bits per heavy atom. The molecule has 0 N–H and O–H groups in total. The summed E-state index contributed by atoms with van der Waals surface area (Å²) in [6.07, 6.45) is 11.0. The minimum atomic E-state index is 1.04. The summed E-state index contributed by atoms with van der Waals surface area (Å²) in [5, 5.41) is 0. The van der Waals surface area contributed by atoms with E-state index in [-0.39, 0.29) is 0 Å². The highest BCUT2D eigenvalue weighted by molar-refractivity contribution is 5.40. The van der Waals surface area contributed by atoms with Crippen LogP contribution in [0.25, 0.3) is 0 Å². The van der Waals surface area contributed by atoms with E-state index < -0.39 is 0 Å². The molecule has 0 saturated heterocycles. The zero-order chi connectivity index (χ0) is 12.1. The van der Waals surface area contributed by atoms with Gasteiger partial charge in [-0.2, -0.15) is 0 Å². The second kappa shape index (κ2) is 5.67. The molecule has 0 saturated carbocycles. The lowest BCUT2D eigenvalue weighted by Crippen LogP contribution is -2.02. The van der Waals surface area contributed by atoms with Gasteiger partial charge >= 0.3 is 0 Å². The summed E-state index contributed by atoms with van der Waals surface area (Å²) in [6, 6.07) is 8.81. The predicted octanol–water partition coefficient (Wildman–Crippen LogP) is 4.62. The van der Waals surface area contributed by atoms with Gasteiger partial charge in [-0.25, -0.2) is 0 Å². The van der Waals surface area contributed by atoms with Gasteiger partial charge in [0.1, 0.15) is 0 Å². The minimum Gasteiger partial charge on any atom is -0.0988 e. The molecule has 2 rings (SSSR count). The molecule has 1 aliphatic carbocycles. The van der Waals surface area contributed by atoms with Crippen molar-refractivity contribution in [3.8, 4) is 0 Å². The van der Waals surface area contributed by atoms with Crippen LogP contribution in [-0.4, -0.2) is 0 Å². The van der Waals surface area contributed by atoms with Crippen LogP contribution in [0.15, 0.2) is 60.2 Å². The van der Waals surface area contributed by atoms with E-state index in [2.05, 4.69) is 49.9 Å². The molecule has 0 nitrogen and oxygen atoms in total. The maximum absolute atomic E-state index is 3.95. The zero-order valence-corrected chi connectivity index (χ0v) is 10.6. The van der Waals surface area contributed by atoms with Gasteiger partial charge in [-0.05, 0) is 54.9 Å². The third-order valence-corrected chi connectivity index (χ3v) is 3.42. The molecule has 1 aromatic rings. The first-order valence-electron chi connectivity index (χ1n) is 6.39. The number of benzene rings is 1. The SMILES string of the molecule is C=C/C1=C(\C=C/C)Cc2ccccc2CCC1. The van der Waals surface area contributed by atoms with Gasteiger partial charge in [-0.15, -0.1) is 0 Å². The summed E-state index contributed by atoms with van der Waals surface area (Å²) >= 11 is 0. The maximum Gasteiger partial charge on any atom is -0.00204 e. The number of allylic oxidation sites excluding steroid dienone is 5. The number of aryl methyl sites for hydroxylation is 1. The van der Waals surface area contributed by atoms with Crippen molar-refractivity contribution in [2.75, 3.05) is 0 Å². The fourth-order valence-corrected chi connectivity index (χ4v) is 2.52. The molecule has 0 heterocycles. The van der Waals surface area contributed by atoms with E-state index >= 15 is 0 Å². The second-order valence-electron chi connectivity index (χ2n) is 4.55. The average molecular weight is 224 g/mol. The highest BCUT2D eigenvalue weighted by atomic mass is 14.1. The Morgan fingerprint density at radius 1 is 1.06 bits per heavy atom. The van der Waals surface area contributed by atoms with Crippen molar-refractivity contribution in [3.05, 3.63) is 71.3 Å². The first-order chi connectivity index (χ1) is 8.35. The Balaban J connectivity index is 2.42. The molecule has 0 radical (unpaired) electrons. The molecule has 0 aliphatic heterocycles. The number of hydrogen-bond donors (Lipinski definition) is 0. The quantitative estimate of drug-likeness (QED) is 0.687. The van der Waals surface area contributed by atoms with Crippen molar-refractivity contribution in [2.45, 2.75) is 32.6 Å². The zero-order valence-electron chi connectivity index (χ0n) is 10.6. The van der Waals surface area contributed by atoms with Crippen LogP contribution in [0, 0.1) is 0 Å². The monoisotopic (exact) mass is 224 g/mol. The topological polar surface area (TPSA) is 0 Å². The molecular formula is C17H20. The number of rotatable bonds is 2. The van der Waals surface area contributed by atoms with E-state index in [9.17, 15) is 0 Å². The van der Waals surface area contributed by atoms with Crippen LogP contribution in [0.1, 0.15) is 30.9 Å². The molecule has 0 bridgehead atoms. The van der Waals surface area contributed by atoms with Crippen molar-refractivity contribution in [2.24, 2.45) is 0 Å². The molecule has 0 aromatic heterocycles. The Hall–Kier alpha value is -1.56. The van der Waals surface area contributed by atoms with E-state index in [1.807, 2.05) is 6.08 Å². The summed E-state index contributed by atoms with van der Waals surface area (Å²) in [7, 11) is 0. The molecule has 17 heavy (non-hydrogen) atoms. The fourth-order valence-electron chi connectivity index (χ4n) is 2.52. The van der Waals surface area contributed by atoms with Crippen molar-refractivity contribution in [3.63, 3.8) is 0 Å². The maximum atomic E-state index is 3.95. The Morgan fingerprint density at radius 2 is 1.82 bits per heavy atom. The lowest BCUT2D eigenvalue weighted by molar-refractivity contribution is 0.794. The summed E-state index contributed by atoms with van der Waals surface area (Å²) < 4.78 is 0. The smallest absolute Gasteiger partial charge is 0.00204 e. The first kappa shape index (κ1) is 11.9. The Kier molecular flexibility index (Phi) is 3.98. The predicted molar refractivity (Wildman–Crippen MR) is 75.1 cm³/mol. The summed E-state index contributed by atoms with van der Waals surface area (Å²) in [4.78, 5) is 0. The van der Waals surface area contributed by atoms with Gasteiger partial charge in [-0.1, -0.05) is 49.1 Å². The van der Waals surface area contributed by atoms with Crippen molar-refractivity contribution < 1.29 is 0 Å². The number of hydrogen-bond acceptors (Lipinski definition) is 0. The standard InChI is InChI=1S/C17H20/c1-3-8-16-13-17-10-6-5-9-15(17)12-7-11-14(16)4-2/h3-6,8-10H,2,7,11-13H2,1H3/b8-3-,16-14-. The van der Waals surface area contributed by atoms with Crippen molar-refractivity contribution in [1.82, 2.24) is 0 Å². The van der Waals surface area contributed by atoms with Gasteiger partial charge in [0.05, 0.1) is 0 Å². The van der Waals surface area contributed by atoms with Crippen molar-refractivity contribution >= 4 is 0 Å². The summed E-state index contributed by atoms with van der Waals surface area (Å²) in [5.74, 6) is 0. The van der Waals surface area contributed by atoms with Gasteiger partial charge in [-0.3, -0.25) is 0 Å². The molecule has 0 heteroatoms. The minimum absolute atomic E-state index is 1.04. The van der Waals surface area contributed by atoms with E-state index in [0.29, 0.717) is 0 Å². The van der Waals surface area contributed by atoms with Crippen LogP contribution >= 0.6 is 0 Å². The lowest BCUT2D eigenvalue weighted by atomic mass is 9.88. The summed E-state index contributed by atoms with van der Waals surface area (Å²) in [6.45, 7) is 6.04. The van der Waals surface area contributed by atoms with Crippen LogP contribution in [-0.2, 0) is 12.8 Å². The normalized spacial score (nSPS) is 20.8. The van der Waals surface area contributed by atoms with Crippen molar-refractivity contribution in [1.29, 1.82) is 0 Å². The Labute approximate surface area is 104 Å². The third kappa shape index (κ3) is 2.76. The van der Waals surface area contributed by atoms with E-state index in [1.165, 1.54) is 35.1 Å². The van der Waals surface area contributed by atoms with E-state index in [0.717, 1.165) is 12.8 Å². The number of fused-ring (bicyclic) bond motifs is 1. The van der Waals surface area contributed by atoms with Gasteiger partial charge in [0.15, 0.2) is 0 Å². The van der Waals surface area contributed by atoms with Crippen LogP contribution in [0.4, 0.5) is 0 Å². The molecule has 0 unspecified atom stereocenters. The molecule has 0 spiro atoms. The molecule has 0 fully saturated rings.